The third-order valence-electron chi connectivity index (χ3n) is 1.73. The Bertz CT molecular complexity index is 559. The maximum Gasteiger partial charge on any atom is 0.197 e. The molecule has 2 rings (SSSR count). The number of aromatic nitrogens is 6. The van der Waals surface area contributed by atoms with Gasteiger partial charge in [0, 0.05) is 0 Å². The topological polar surface area (TPSA) is 169 Å². The lowest BCUT2D eigenvalue weighted by molar-refractivity contribution is 0.307. The minimum Gasteiger partial charge on any atom is -0.396 e. The Morgan fingerprint density at radius 1 is 1.44 bits per heavy atom. The fraction of sp³-hybridized carbons (Fsp3) is 0. The summed E-state index contributed by atoms with van der Waals surface area (Å²) in [5.74, 6) is 0.0973. The molecule has 2 heterocycles. The molecule has 0 unspecified atom stereocenters. The first-order valence-electron chi connectivity index (χ1n) is 3.96. The molecular formula is C6H5N9O. The zero-order valence-electron chi connectivity index (χ0n) is 7.75. The first-order chi connectivity index (χ1) is 7.74. The standard InChI is InChI=1S/C6H5N9O/c7-1-2(6-10-14-15-11-6)3(8)4-5(9)13-16-12-4/h8H2,(H2,9,13)(H,10,11,14,15). The molecular weight excluding hydrogens is 214 g/mol. The summed E-state index contributed by atoms with van der Waals surface area (Å²) < 4.78 is 4.37. The average Bonchev–Trinajstić information content (AvgIpc) is 2.90. The average molecular weight is 219 g/mol. The highest BCUT2D eigenvalue weighted by molar-refractivity contribution is 5.94. The van der Waals surface area contributed by atoms with Gasteiger partial charge < -0.3 is 11.5 Å². The van der Waals surface area contributed by atoms with Crippen LogP contribution >= 0.6 is 0 Å². The summed E-state index contributed by atoms with van der Waals surface area (Å²) in [7, 11) is 0. The van der Waals surface area contributed by atoms with Crippen LogP contribution in [0.3, 0.4) is 0 Å². The van der Waals surface area contributed by atoms with E-state index < -0.39 is 0 Å². The minimum absolute atomic E-state index is 0.00685. The van der Waals surface area contributed by atoms with Crippen molar-refractivity contribution in [2.75, 3.05) is 5.73 Å². The number of tetrazole rings is 1. The summed E-state index contributed by atoms with van der Waals surface area (Å²) in [6, 6.07) is 1.84. The number of nitrogens with one attached hydrogen (secondary N) is 1. The highest BCUT2D eigenvalue weighted by Crippen LogP contribution is 2.20. The van der Waals surface area contributed by atoms with Crippen molar-refractivity contribution in [2.24, 2.45) is 5.73 Å². The molecule has 0 bridgehead atoms. The van der Waals surface area contributed by atoms with Crippen LogP contribution in [0.25, 0.3) is 11.3 Å². The molecule has 0 aliphatic heterocycles. The first-order valence-corrected chi connectivity index (χ1v) is 3.96. The van der Waals surface area contributed by atoms with Gasteiger partial charge in [-0.15, -0.1) is 5.10 Å². The monoisotopic (exact) mass is 219 g/mol. The Kier molecular flexibility index (Phi) is 2.19. The highest BCUT2D eigenvalue weighted by atomic mass is 16.6. The predicted octanol–water partition coefficient (Wildman–Crippen LogP) is -1.48. The van der Waals surface area contributed by atoms with Gasteiger partial charge in [-0.2, -0.15) is 5.26 Å². The summed E-state index contributed by atoms with van der Waals surface area (Å²) in [6.45, 7) is 0. The van der Waals surface area contributed by atoms with Crippen LogP contribution in [0.4, 0.5) is 5.82 Å². The highest BCUT2D eigenvalue weighted by Gasteiger charge is 2.17. The van der Waals surface area contributed by atoms with E-state index in [9.17, 15) is 0 Å². The van der Waals surface area contributed by atoms with E-state index in [2.05, 4.69) is 35.6 Å². The number of nitrogen functional groups attached to an aromatic ring is 1. The number of nitriles is 1. The second-order valence-corrected chi connectivity index (χ2v) is 2.65. The summed E-state index contributed by atoms with van der Waals surface area (Å²) in [5.41, 5.74) is 11.2. The van der Waals surface area contributed by atoms with Crippen molar-refractivity contribution in [3.63, 3.8) is 0 Å². The molecule has 0 fully saturated rings. The second kappa shape index (κ2) is 3.65. The third-order valence-corrected chi connectivity index (χ3v) is 1.73. The Morgan fingerprint density at radius 2 is 2.25 bits per heavy atom. The minimum atomic E-state index is -0.0160. The molecule has 5 N–H and O–H groups in total. The molecule has 10 nitrogen and oxygen atoms in total. The molecule has 0 amide bonds. The molecule has 16 heavy (non-hydrogen) atoms. The fourth-order valence-corrected chi connectivity index (χ4v) is 1.01. The number of aromatic amines is 1. The third kappa shape index (κ3) is 1.42. The van der Waals surface area contributed by atoms with Gasteiger partial charge in [-0.25, -0.2) is 9.73 Å². The largest absolute Gasteiger partial charge is 0.396 e. The fourth-order valence-electron chi connectivity index (χ4n) is 1.01. The normalized spacial score (nSPS) is 11.9. The van der Waals surface area contributed by atoms with E-state index >= 15 is 0 Å². The van der Waals surface area contributed by atoms with Crippen LogP contribution < -0.4 is 11.5 Å². The van der Waals surface area contributed by atoms with Gasteiger partial charge in [0.2, 0.25) is 0 Å². The molecule has 2 aromatic rings. The van der Waals surface area contributed by atoms with E-state index in [1.807, 2.05) is 6.07 Å². The van der Waals surface area contributed by atoms with Gasteiger partial charge in [-0.3, -0.25) is 0 Å². The van der Waals surface area contributed by atoms with Crippen LogP contribution in [-0.2, 0) is 0 Å². The van der Waals surface area contributed by atoms with Crippen molar-refractivity contribution in [2.45, 2.75) is 0 Å². The maximum atomic E-state index is 8.93. The van der Waals surface area contributed by atoms with Crippen molar-refractivity contribution in [1.29, 1.82) is 5.26 Å². The summed E-state index contributed by atoms with van der Waals surface area (Å²) in [6.07, 6.45) is 0. The summed E-state index contributed by atoms with van der Waals surface area (Å²) >= 11 is 0. The van der Waals surface area contributed by atoms with Gasteiger partial charge in [-0.1, -0.05) is 0 Å². The van der Waals surface area contributed by atoms with Crippen LogP contribution in [0, 0.1) is 11.3 Å². The van der Waals surface area contributed by atoms with Crippen molar-refractivity contribution in [3.8, 4) is 6.07 Å². The van der Waals surface area contributed by atoms with Crippen molar-refractivity contribution in [1.82, 2.24) is 30.9 Å². The number of anilines is 1. The van der Waals surface area contributed by atoms with Gasteiger partial charge in [-0.05, 0) is 20.7 Å². The van der Waals surface area contributed by atoms with E-state index in [0.29, 0.717) is 0 Å². The molecule has 0 radical (unpaired) electrons. The SMILES string of the molecule is N#CC(=C(N)c1nonc1N)c1nnn[nH]1. The lowest BCUT2D eigenvalue weighted by Gasteiger charge is -1.97. The van der Waals surface area contributed by atoms with Crippen LogP contribution in [-0.4, -0.2) is 30.9 Å². The quantitative estimate of drug-likeness (QED) is 0.509. The number of nitrogens with zero attached hydrogens (tertiary/aromatic N) is 6. The molecule has 0 atom stereocenters. The van der Waals surface area contributed by atoms with Crippen LogP contribution in [0.5, 0.6) is 0 Å². The Morgan fingerprint density at radius 3 is 2.75 bits per heavy atom. The van der Waals surface area contributed by atoms with E-state index in [0.717, 1.165) is 0 Å². The van der Waals surface area contributed by atoms with E-state index in [4.69, 9.17) is 16.7 Å². The van der Waals surface area contributed by atoms with Crippen molar-refractivity contribution in [3.05, 3.63) is 11.5 Å². The van der Waals surface area contributed by atoms with Gasteiger partial charge in [0.15, 0.2) is 17.3 Å². The molecule has 80 valence electrons. The smallest absolute Gasteiger partial charge is 0.197 e. The summed E-state index contributed by atoms with van der Waals surface area (Å²) in [4.78, 5) is 0. The maximum absolute atomic E-state index is 8.93. The summed E-state index contributed by atoms with van der Waals surface area (Å²) in [5, 5.41) is 28.3. The zero-order chi connectivity index (χ0) is 11.5. The van der Waals surface area contributed by atoms with Crippen molar-refractivity contribution >= 4 is 17.1 Å². The Labute approximate surface area is 87.9 Å². The number of H-pyrrole nitrogens is 1. The van der Waals surface area contributed by atoms with E-state index in [-0.39, 0.29) is 28.6 Å². The Balaban J connectivity index is 2.56. The molecule has 10 heteroatoms. The number of hydrogen-bond acceptors (Lipinski definition) is 9. The van der Waals surface area contributed by atoms with Crippen LogP contribution in [0.15, 0.2) is 4.63 Å². The number of nitrogens with two attached hydrogens (primary N) is 2. The molecule has 0 aromatic carbocycles. The lowest BCUT2D eigenvalue weighted by atomic mass is 10.1. The molecule has 2 aromatic heterocycles. The van der Waals surface area contributed by atoms with E-state index in [1.165, 1.54) is 0 Å². The molecule has 0 spiro atoms. The molecule has 0 saturated carbocycles. The molecule has 0 saturated heterocycles. The van der Waals surface area contributed by atoms with Crippen molar-refractivity contribution < 1.29 is 4.63 Å². The number of rotatable bonds is 2. The van der Waals surface area contributed by atoms with Gasteiger partial charge in [0.1, 0.15) is 11.6 Å². The predicted molar refractivity (Wildman–Crippen MR) is 49.5 cm³/mol. The molecule has 0 aliphatic carbocycles. The van der Waals surface area contributed by atoms with Gasteiger partial charge >= 0.3 is 0 Å². The van der Waals surface area contributed by atoms with Gasteiger partial charge in [0.05, 0.1) is 5.70 Å². The van der Waals surface area contributed by atoms with Gasteiger partial charge in [0.25, 0.3) is 0 Å². The van der Waals surface area contributed by atoms with Crippen LogP contribution in [0.1, 0.15) is 11.5 Å². The zero-order valence-corrected chi connectivity index (χ0v) is 7.75. The molecule has 0 aliphatic rings. The first kappa shape index (κ1) is 9.59. The van der Waals surface area contributed by atoms with Crippen LogP contribution in [0.2, 0.25) is 0 Å². The van der Waals surface area contributed by atoms with E-state index in [1.54, 1.807) is 0 Å². The number of allylic oxidation sites excluding steroid dienone is 1. The number of hydrogen-bond donors (Lipinski definition) is 3. The lowest BCUT2D eigenvalue weighted by Crippen LogP contribution is -2.04. The second-order valence-electron chi connectivity index (χ2n) is 2.65. The Hall–Kier alpha value is -2.96.